The first-order valence-corrected chi connectivity index (χ1v) is 4.19. The van der Waals surface area contributed by atoms with E-state index in [-0.39, 0.29) is 4.75 Å². The number of hydrogen-bond acceptors (Lipinski definition) is 1. The average Bonchev–Trinajstić information content (AvgIpc) is 1.62. The Morgan fingerprint density at radius 2 is 1.75 bits per heavy atom. The van der Waals surface area contributed by atoms with Crippen molar-refractivity contribution in [2.24, 2.45) is 0 Å². The maximum absolute atomic E-state index is 10.9. The summed E-state index contributed by atoms with van der Waals surface area (Å²) in [5.41, 5.74) is 0. The predicted octanol–water partition coefficient (Wildman–Crippen LogP) is 1.55. The minimum Gasteiger partial charge on any atom is -0.259 e. The van der Waals surface area contributed by atoms with Crippen molar-refractivity contribution in [2.45, 2.75) is 32.4 Å². The summed E-state index contributed by atoms with van der Waals surface area (Å²) in [6.07, 6.45) is 0. The van der Waals surface area contributed by atoms with E-state index in [4.69, 9.17) is 0 Å². The topological polar surface area (TPSA) is 17.1 Å². The lowest BCUT2D eigenvalue weighted by Gasteiger charge is -2.15. The van der Waals surface area contributed by atoms with Crippen LogP contribution in [0.4, 0.5) is 0 Å². The van der Waals surface area contributed by atoms with Crippen LogP contribution in [0, 0.1) is 0 Å². The lowest BCUT2D eigenvalue weighted by Crippen LogP contribution is -2.22. The monoisotopic (exact) mass is 134 g/mol. The van der Waals surface area contributed by atoms with Crippen LogP contribution in [0.1, 0.15) is 27.7 Å². The molecule has 1 nitrogen and oxygen atoms in total. The van der Waals surface area contributed by atoms with Crippen molar-refractivity contribution < 1.29 is 4.21 Å². The molecule has 0 heterocycles. The molecule has 0 aliphatic carbocycles. The number of rotatable bonds is 1. The van der Waals surface area contributed by atoms with Gasteiger partial charge in [0.15, 0.2) is 0 Å². The van der Waals surface area contributed by atoms with Crippen LogP contribution in [0.25, 0.3) is 0 Å². The van der Waals surface area contributed by atoms with E-state index in [9.17, 15) is 4.21 Å². The summed E-state index contributed by atoms with van der Waals surface area (Å²) in [6.45, 7) is 7.92. The van der Waals surface area contributed by atoms with Gasteiger partial charge in [-0.05, 0) is 20.8 Å². The van der Waals surface area contributed by atoms with Gasteiger partial charge in [-0.2, -0.15) is 0 Å². The molecule has 0 aromatic heterocycles. The van der Waals surface area contributed by atoms with E-state index in [2.05, 4.69) is 0 Å². The van der Waals surface area contributed by atoms with Gasteiger partial charge in [0.05, 0.1) is 0 Å². The first-order valence-electron chi connectivity index (χ1n) is 2.87. The van der Waals surface area contributed by atoms with Crippen LogP contribution in [0.5, 0.6) is 0 Å². The van der Waals surface area contributed by atoms with Gasteiger partial charge in [-0.25, -0.2) is 0 Å². The Kier molecular flexibility index (Phi) is 2.67. The van der Waals surface area contributed by atoms with Gasteiger partial charge in [0.25, 0.3) is 0 Å². The highest BCUT2D eigenvalue weighted by atomic mass is 32.2. The van der Waals surface area contributed by atoms with E-state index < -0.39 is 10.8 Å². The molecule has 0 unspecified atom stereocenters. The highest BCUT2D eigenvalue weighted by Gasteiger charge is 2.16. The normalized spacial score (nSPS) is 16.0. The summed E-state index contributed by atoms with van der Waals surface area (Å²) in [6, 6.07) is 0. The SMILES string of the molecule is CC[S@](=O)C(C)(C)C. The fraction of sp³-hybridized carbons (Fsp3) is 1.00. The molecule has 0 radical (unpaired) electrons. The van der Waals surface area contributed by atoms with E-state index in [1.165, 1.54) is 0 Å². The van der Waals surface area contributed by atoms with Crippen LogP contribution in [0.3, 0.4) is 0 Å². The average molecular weight is 134 g/mol. The molecule has 0 N–H and O–H groups in total. The summed E-state index contributed by atoms with van der Waals surface area (Å²) in [4.78, 5) is 0. The Balaban J connectivity index is 3.82. The van der Waals surface area contributed by atoms with Gasteiger partial charge in [0.2, 0.25) is 0 Å². The zero-order valence-electron chi connectivity index (χ0n) is 6.02. The van der Waals surface area contributed by atoms with Crippen molar-refractivity contribution in [3.05, 3.63) is 0 Å². The molecule has 0 aliphatic rings. The Bertz CT molecular complexity index is 91.2. The Labute approximate surface area is 53.9 Å². The van der Waals surface area contributed by atoms with Crippen molar-refractivity contribution in [2.75, 3.05) is 5.75 Å². The Morgan fingerprint density at radius 3 is 1.75 bits per heavy atom. The van der Waals surface area contributed by atoms with Crippen molar-refractivity contribution in [3.8, 4) is 0 Å². The zero-order valence-corrected chi connectivity index (χ0v) is 6.84. The molecular weight excluding hydrogens is 120 g/mol. The molecule has 0 spiro atoms. The van der Waals surface area contributed by atoms with Crippen molar-refractivity contribution >= 4 is 10.8 Å². The molecule has 0 rings (SSSR count). The molecule has 0 aromatic rings. The standard InChI is InChI=1S/C6H14OS/c1-5-8(7)6(2,3)4/h5H2,1-4H3/t8-/m0/s1. The summed E-state index contributed by atoms with van der Waals surface area (Å²) in [5.74, 6) is 0.767. The lowest BCUT2D eigenvalue weighted by atomic mass is 10.3. The van der Waals surface area contributed by atoms with Crippen LogP contribution in [0.15, 0.2) is 0 Å². The molecule has 50 valence electrons. The molecule has 0 saturated carbocycles. The second-order valence-corrected chi connectivity index (χ2v) is 5.24. The third-order valence-electron chi connectivity index (χ3n) is 0.945. The minimum absolute atomic E-state index is 0.0191. The second-order valence-electron chi connectivity index (χ2n) is 2.75. The minimum atomic E-state index is -0.644. The molecule has 1 atom stereocenters. The third kappa shape index (κ3) is 2.46. The maximum atomic E-state index is 10.9. The summed E-state index contributed by atoms with van der Waals surface area (Å²) in [7, 11) is -0.644. The van der Waals surface area contributed by atoms with E-state index in [0.717, 1.165) is 5.75 Å². The quantitative estimate of drug-likeness (QED) is 0.532. The van der Waals surface area contributed by atoms with Crippen LogP contribution in [-0.4, -0.2) is 14.7 Å². The summed E-state index contributed by atoms with van der Waals surface area (Å²) in [5, 5.41) is 0. The highest BCUT2D eigenvalue weighted by Crippen LogP contribution is 2.09. The molecule has 0 amide bonds. The van der Waals surface area contributed by atoms with Crippen LogP contribution in [0.2, 0.25) is 0 Å². The third-order valence-corrected chi connectivity index (χ3v) is 2.84. The van der Waals surface area contributed by atoms with Gasteiger partial charge in [-0.3, -0.25) is 4.21 Å². The molecule has 0 aromatic carbocycles. The van der Waals surface area contributed by atoms with E-state index in [1.807, 2.05) is 27.7 Å². The molecule has 0 saturated heterocycles. The van der Waals surface area contributed by atoms with E-state index >= 15 is 0 Å². The molecule has 0 fully saturated rings. The van der Waals surface area contributed by atoms with Gasteiger partial charge in [-0.1, -0.05) is 6.92 Å². The van der Waals surface area contributed by atoms with Crippen LogP contribution in [-0.2, 0) is 10.8 Å². The second kappa shape index (κ2) is 2.62. The van der Waals surface area contributed by atoms with Crippen molar-refractivity contribution in [1.29, 1.82) is 0 Å². The first kappa shape index (κ1) is 8.15. The first-order chi connectivity index (χ1) is 3.48. The Morgan fingerprint density at radius 1 is 1.38 bits per heavy atom. The van der Waals surface area contributed by atoms with Crippen LogP contribution >= 0.6 is 0 Å². The van der Waals surface area contributed by atoms with E-state index in [1.54, 1.807) is 0 Å². The highest BCUT2D eigenvalue weighted by molar-refractivity contribution is 7.86. The largest absolute Gasteiger partial charge is 0.259 e. The number of hydrogen-bond donors (Lipinski definition) is 0. The lowest BCUT2D eigenvalue weighted by molar-refractivity contribution is 0.650. The van der Waals surface area contributed by atoms with Crippen molar-refractivity contribution in [3.63, 3.8) is 0 Å². The molecular formula is C6H14OS. The molecule has 2 heteroatoms. The van der Waals surface area contributed by atoms with Crippen molar-refractivity contribution in [1.82, 2.24) is 0 Å². The van der Waals surface area contributed by atoms with Crippen LogP contribution < -0.4 is 0 Å². The summed E-state index contributed by atoms with van der Waals surface area (Å²) >= 11 is 0. The summed E-state index contributed by atoms with van der Waals surface area (Å²) < 4.78 is 10.9. The fourth-order valence-corrected chi connectivity index (χ4v) is 1.30. The smallest absolute Gasteiger partial charge is 0.0374 e. The van der Waals surface area contributed by atoms with Gasteiger partial charge < -0.3 is 0 Å². The van der Waals surface area contributed by atoms with Gasteiger partial charge in [0.1, 0.15) is 0 Å². The molecule has 0 bridgehead atoms. The zero-order chi connectivity index (χ0) is 6.78. The maximum Gasteiger partial charge on any atom is 0.0374 e. The Hall–Kier alpha value is 0.150. The molecule has 0 aliphatic heterocycles. The van der Waals surface area contributed by atoms with Gasteiger partial charge >= 0.3 is 0 Å². The fourth-order valence-electron chi connectivity index (χ4n) is 0.433. The predicted molar refractivity (Wildman–Crippen MR) is 38.4 cm³/mol. The van der Waals surface area contributed by atoms with Gasteiger partial charge in [0, 0.05) is 21.3 Å². The molecule has 8 heavy (non-hydrogen) atoms. The van der Waals surface area contributed by atoms with E-state index in [0.29, 0.717) is 0 Å². The van der Waals surface area contributed by atoms with Gasteiger partial charge in [-0.15, -0.1) is 0 Å².